The molecule has 3 heterocycles. The molecule has 0 bridgehead atoms. The number of alkyl halides is 3. The quantitative estimate of drug-likeness (QED) is 0.471. The molecule has 1 spiro atoms. The lowest BCUT2D eigenvalue weighted by Gasteiger charge is -2.26. The maximum Gasteiger partial charge on any atom is 0.417 e. The molecule has 0 unspecified atom stereocenters. The second-order valence-corrected chi connectivity index (χ2v) is 9.46. The van der Waals surface area contributed by atoms with Gasteiger partial charge in [-0.2, -0.15) is 13.2 Å². The summed E-state index contributed by atoms with van der Waals surface area (Å²) in [5.74, 6) is -0.244. The van der Waals surface area contributed by atoms with Crippen molar-refractivity contribution >= 4 is 11.7 Å². The number of benzene rings is 1. The van der Waals surface area contributed by atoms with E-state index in [9.17, 15) is 22.4 Å². The largest absolute Gasteiger partial charge is 0.417 e. The van der Waals surface area contributed by atoms with Crippen molar-refractivity contribution in [2.45, 2.75) is 38.4 Å². The number of aromatic nitrogens is 2. The Morgan fingerprint density at radius 3 is 2.49 bits per heavy atom. The van der Waals surface area contributed by atoms with Crippen LogP contribution in [0.1, 0.15) is 41.0 Å². The number of pyridine rings is 2. The average Bonchev–Trinajstić information content (AvgIpc) is 3.48. The monoisotopic (exact) mass is 484 g/mol. The smallest absolute Gasteiger partial charge is 0.368 e. The molecule has 1 amide bonds. The third-order valence-corrected chi connectivity index (χ3v) is 6.84. The Labute approximate surface area is 200 Å². The van der Waals surface area contributed by atoms with Crippen molar-refractivity contribution in [3.8, 4) is 11.1 Å². The fourth-order valence-corrected chi connectivity index (χ4v) is 4.73. The number of nitrogens with one attached hydrogen (secondary N) is 1. The molecule has 1 aliphatic heterocycles. The van der Waals surface area contributed by atoms with E-state index in [2.05, 4.69) is 15.3 Å². The van der Waals surface area contributed by atoms with Gasteiger partial charge < -0.3 is 10.2 Å². The molecule has 1 N–H and O–H groups in total. The molecule has 3 aromatic rings. The van der Waals surface area contributed by atoms with Gasteiger partial charge >= 0.3 is 6.18 Å². The highest BCUT2D eigenvalue weighted by atomic mass is 19.4. The van der Waals surface area contributed by atoms with Crippen molar-refractivity contribution in [2.24, 2.45) is 5.41 Å². The third kappa shape index (κ3) is 4.85. The van der Waals surface area contributed by atoms with Crippen LogP contribution in [0.2, 0.25) is 0 Å². The Morgan fingerprint density at radius 1 is 1.11 bits per heavy atom. The van der Waals surface area contributed by atoms with Gasteiger partial charge in [-0.05, 0) is 67.5 Å². The first-order chi connectivity index (χ1) is 16.6. The number of likely N-dealkylation sites (tertiary alicyclic amines) is 1. The van der Waals surface area contributed by atoms with E-state index in [1.807, 2.05) is 24.0 Å². The number of hydrogen-bond donors (Lipinski definition) is 1. The fraction of sp³-hybridized carbons (Fsp3) is 0.346. The van der Waals surface area contributed by atoms with Crippen LogP contribution in [-0.4, -0.2) is 39.9 Å². The molecule has 2 aromatic heterocycles. The summed E-state index contributed by atoms with van der Waals surface area (Å²) in [5.41, 5.74) is 1.63. The topological polar surface area (TPSA) is 58.1 Å². The number of carbonyl (C=O) groups excluding carboxylic acids is 1. The second kappa shape index (κ2) is 8.62. The zero-order valence-electron chi connectivity index (χ0n) is 19.1. The van der Waals surface area contributed by atoms with Crippen LogP contribution in [0, 0.1) is 18.2 Å². The molecule has 1 saturated carbocycles. The molecule has 1 atom stereocenters. The lowest BCUT2D eigenvalue weighted by molar-refractivity contribution is -0.137. The van der Waals surface area contributed by atoms with Gasteiger partial charge in [0.2, 0.25) is 0 Å². The van der Waals surface area contributed by atoms with E-state index in [1.54, 1.807) is 12.1 Å². The predicted molar refractivity (Wildman–Crippen MR) is 123 cm³/mol. The van der Waals surface area contributed by atoms with E-state index >= 15 is 0 Å². The summed E-state index contributed by atoms with van der Waals surface area (Å²) in [7, 11) is 0. The number of anilines is 1. The Kier molecular flexibility index (Phi) is 5.73. The zero-order chi connectivity index (χ0) is 24.8. The first-order valence-electron chi connectivity index (χ1n) is 11.5. The molecule has 9 heteroatoms. The highest BCUT2D eigenvalue weighted by Gasteiger charge is 2.53. The number of carbonyl (C=O) groups is 1. The van der Waals surface area contributed by atoms with Gasteiger partial charge in [-0.25, -0.2) is 14.4 Å². The minimum absolute atomic E-state index is 0.0927. The van der Waals surface area contributed by atoms with Crippen LogP contribution in [0.5, 0.6) is 0 Å². The normalized spacial score (nSPS) is 18.7. The van der Waals surface area contributed by atoms with Crippen LogP contribution in [0.25, 0.3) is 11.1 Å². The van der Waals surface area contributed by atoms with Crippen LogP contribution in [-0.2, 0) is 6.18 Å². The van der Waals surface area contributed by atoms with Gasteiger partial charge in [-0.3, -0.25) is 4.79 Å². The van der Waals surface area contributed by atoms with E-state index in [0.717, 1.165) is 31.5 Å². The van der Waals surface area contributed by atoms with Gasteiger partial charge in [0.1, 0.15) is 17.3 Å². The molecule has 0 radical (unpaired) electrons. The van der Waals surface area contributed by atoms with Crippen LogP contribution < -0.4 is 5.32 Å². The van der Waals surface area contributed by atoms with Gasteiger partial charge in [0.15, 0.2) is 0 Å². The fourth-order valence-electron chi connectivity index (χ4n) is 4.73. The standard InChI is InChI=1S/C26H24F4N4O/c1-16-2-8-21(17-3-6-19(27)7-4-17)23(33-16)24(35)34-15-25(10-11-25)12-20(34)14-32-22-9-5-18(13-31-22)26(28,29)30/h2-9,13,20H,10-12,14-15H2,1H3,(H,31,32)/t20-/m0/s1. The minimum Gasteiger partial charge on any atom is -0.368 e. The van der Waals surface area contributed by atoms with Crippen LogP contribution in [0.4, 0.5) is 23.4 Å². The lowest BCUT2D eigenvalue weighted by Crippen LogP contribution is -2.40. The number of nitrogens with zero attached hydrogens (tertiary/aromatic N) is 3. The molecule has 1 aliphatic carbocycles. The Morgan fingerprint density at radius 2 is 1.86 bits per heavy atom. The van der Waals surface area contributed by atoms with Gasteiger partial charge in [-0.1, -0.05) is 18.2 Å². The number of aryl methyl sites for hydroxylation is 1. The minimum atomic E-state index is -4.44. The van der Waals surface area contributed by atoms with E-state index < -0.39 is 11.7 Å². The van der Waals surface area contributed by atoms with Crippen LogP contribution in [0.15, 0.2) is 54.7 Å². The van der Waals surface area contributed by atoms with Crippen LogP contribution in [0.3, 0.4) is 0 Å². The number of amides is 1. The van der Waals surface area contributed by atoms with Crippen molar-refractivity contribution in [1.82, 2.24) is 14.9 Å². The summed E-state index contributed by atoms with van der Waals surface area (Å²) < 4.78 is 51.9. The summed E-state index contributed by atoms with van der Waals surface area (Å²) >= 11 is 0. The lowest BCUT2D eigenvalue weighted by atomic mass is 10.0. The van der Waals surface area contributed by atoms with Crippen molar-refractivity contribution < 1.29 is 22.4 Å². The Bertz CT molecular complexity index is 1240. The van der Waals surface area contributed by atoms with Crippen molar-refractivity contribution in [3.05, 3.63) is 77.5 Å². The first kappa shape index (κ1) is 23.3. The summed E-state index contributed by atoms with van der Waals surface area (Å²) in [6, 6.07) is 11.7. The molecule has 1 aromatic carbocycles. The predicted octanol–water partition coefficient (Wildman–Crippen LogP) is 5.72. The van der Waals surface area contributed by atoms with Gasteiger partial charge in [0, 0.05) is 36.6 Å². The van der Waals surface area contributed by atoms with Crippen molar-refractivity contribution in [1.29, 1.82) is 0 Å². The van der Waals surface area contributed by atoms with E-state index in [-0.39, 0.29) is 23.2 Å². The maximum absolute atomic E-state index is 13.8. The van der Waals surface area contributed by atoms with Crippen molar-refractivity contribution in [3.63, 3.8) is 0 Å². The molecule has 182 valence electrons. The van der Waals surface area contributed by atoms with Crippen LogP contribution >= 0.6 is 0 Å². The molecule has 2 fully saturated rings. The zero-order valence-corrected chi connectivity index (χ0v) is 19.1. The molecular formula is C26H24F4N4O. The molecular weight excluding hydrogens is 460 g/mol. The summed E-state index contributed by atoms with van der Waals surface area (Å²) in [4.78, 5) is 24.0. The van der Waals surface area contributed by atoms with Gasteiger partial charge in [0.05, 0.1) is 5.56 Å². The summed E-state index contributed by atoms with van der Waals surface area (Å²) in [5, 5.41) is 3.10. The van der Waals surface area contributed by atoms with Crippen molar-refractivity contribution in [2.75, 3.05) is 18.4 Å². The highest BCUT2D eigenvalue weighted by Crippen LogP contribution is 2.55. The average molecular weight is 484 g/mol. The second-order valence-electron chi connectivity index (χ2n) is 9.46. The molecule has 35 heavy (non-hydrogen) atoms. The molecule has 5 nitrogen and oxygen atoms in total. The number of hydrogen-bond acceptors (Lipinski definition) is 4. The SMILES string of the molecule is Cc1ccc(-c2ccc(F)cc2)c(C(=O)N2CC3(CC3)C[C@H]2CNc2ccc(C(F)(F)F)cn2)n1. The molecule has 1 saturated heterocycles. The van der Waals surface area contributed by atoms with E-state index in [0.29, 0.717) is 41.4 Å². The highest BCUT2D eigenvalue weighted by molar-refractivity contribution is 5.99. The Balaban J connectivity index is 1.38. The molecule has 5 rings (SSSR count). The van der Waals surface area contributed by atoms with E-state index in [1.165, 1.54) is 18.2 Å². The third-order valence-electron chi connectivity index (χ3n) is 6.84. The summed E-state index contributed by atoms with van der Waals surface area (Å²) in [6.45, 7) is 2.79. The number of halogens is 4. The molecule has 2 aliphatic rings. The van der Waals surface area contributed by atoms with Gasteiger partial charge in [0.25, 0.3) is 5.91 Å². The Hall–Kier alpha value is -3.49. The maximum atomic E-state index is 13.8. The first-order valence-corrected chi connectivity index (χ1v) is 11.5. The number of rotatable bonds is 5. The van der Waals surface area contributed by atoms with Gasteiger partial charge in [-0.15, -0.1) is 0 Å². The van der Waals surface area contributed by atoms with E-state index in [4.69, 9.17) is 0 Å². The summed E-state index contributed by atoms with van der Waals surface area (Å²) in [6.07, 6.45) is -0.755.